The lowest BCUT2D eigenvalue weighted by molar-refractivity contribution is 0.0910. The molecule has 214 valence electrons. The zero-order valence-corrected chi connectivity index (χ0v) is 22.6. The molecule has 0 spiro atoms. The van der Waals surface area contributed by atoms with Crippen LogP contribution in [0.5, 0.6) is 34.5 Å². The Balaban J connectivity index is 1.09. The van der Waals surface area contributed by atoms with Crippen molar-refractivity contribution in [3.05, 3.63) is 131 Å². The van der Waals surface area contributed by atoms with Crippen molar-refractivity contribution in [2.45, 2.75) is 0 Å². The number of fused-ring (bicyclic) bond motifs is 2. The second kappa shape index (κ2) is 10.1. The maximum absolute atomic E-state index is 13.1. The Kier molecular flexibility index (Phi) is 6.10. The molecule has 0 saturated heterocycles. The van der Waals surface area contributed by atoms with E-state index in [9.17, 15) is 29.4 Å². The van der Waals surface area contributed by atoms with Gasteiger partial charge >= 0.3 is 0 Å². The zero-order valence-electron chi connectivity index (χ0n) is 22.6. The zero-order chi connectivity index (χ0) is 30.5. The van der Waals surface area contributed by atoms with Gasteiger partial charge in [-0.2, -0.15) is 0 Å². The Hall–Kier alpha value is -6.42. The number of amides is 4. The predicted molar refractivity (Wildman–Crippen MR) is 158 cm³/mol. The van der Waals surface area contributed by atoms with Crippen molar-refractivity contribution in [1.29, 1.82) is 0 Å². The van der Waals surface area contributed by atoms with Crippen LogP contribution in [-0.4, -0.2) is 33.8 Å². The van der Waals surface area contributed by atoms with Crippen LogP contribution in [0.15, 0.2) is 109 Å². The molecular formula is C34H20N2O8. The number of rotatable bonds is 6. The highest BCUT2D eigenvalue weighted by atomic mass is 16.5. The van der Waals surface area contributed by atoms with Gasteiger partial charge in [-0.1, -0.05) is 6.07 Å². The van der Waals surface area contributed by atoms with Gasteiger partial charge < -0.3 is 19.7 Å². The van der Waals surface area contributed by atoms with Crippen LogP contribution in [0.3, 0.4) is 0 Å². The van der Waals surface area contributed by atoms with Crippen molar-refractivity contribution in [3.63, 3.8) is 0 Å². The number of benzene rings is 5. The van der Waals surface area contributed by atoms with E-state index >= 15 is 0 Å². The Labute approximate surface area is 249 Å². The minimum atomic E-state index is -0.508. The molecule has 4 amide bonds. The van der Waals surface area contributed by atoms with E-state index in [0.29, 0.717) is 34.4 Å². The fourth-order valence-corrected chi connectivity index (χ4v) is 5.11. The molecule has 10 heteroatoms. The molecule has 10 nitrogen and oxygen atoms in total. The Bertz CT molecular complexity index is 1880. The standard InChI is InChI=1S/C34H20N2O8/c37-21-8-4-19(5-9-21)35-31(39)27-14-12-25(17-29(27)33(35)41)43-23-2-1-3-24(16-23)44-26-13-15-28-30(18-26)34(42)36(32(28)40)20-6-10-22(38)11-7-20/h1-18,37-38H. The van der Waals surface area contributed by atoms with E-state index in [1.54, 1.807) is 36.4 Å². The quantitative estimate of drug-likeness (QED) is 0.223. The lowest BCUT2D eigenvalue weighted by Crippen LogP contribution is -2.29. The molecule has 0 atom stereocenters. The summed E-state index contributed by atoms with van der Waals surface area (Å²) in [5, 5.41) is 19.1. The summed E-state index contributed by atoms with van der Waals surface area (Å²) in [6, 6.07) is 27.4. The molecule has 0 unspecified atom stereocenters. The molecule has 7 rings (SSSR count). The first-order valence-corrected chi connectivity index (χ1v) is 13.4. The maximum Gasteiger partial charge on any atom is 0.266 e. The maximum atomic E-state index is 13.1. The molecular weight excluding hydrogens is 564 g/mol. The first-order chi connectivity index (χ1) is 21.3. The van der Waals surface area contributed by atoms with Crippen LogP contribution in [0.4, 0.5) is 11.4 Å². The number of imide groups is 2. The van der Waals surface area contributed by atoms with Crippen molar-refractivity contribution in [2.24, 2.45) is 0 Å². The third kappa shape index (κ3) is 4.47. The van der Waals surface area contributed by atoms with E-state index in [1.807, 2.05) is 0 Å². The minimum absolute atomic E-state index is 0.0179. The van der Waals surface area contributed by atoms with E-state index < -0.39 is 23.6 Å². The van der Waals surface area contributed by atoms with E-state index in [-0.39, 0.29) is 33.8 Å². The second-order valence-electron chi connectivity index (χ2n) is 10.0. The van der Waals surface area contributed by atoms with Crippen LogP contribution in [0.25, 0.3) is 0 Å². The molecule has 2 N–H and O–H groups in total. The topological polar surface area (TPSA) is 134 Å². The molecule has 0 saturated carbocycles. The number of hydrogen-bond acceptors (Lipinski definition) is 8. The fraction of sp³-hybridized carbons (Fsp3) is 0. The van der Waals surface area contributed by atoms with Gasteiger partial charge in [0.1, 0.15) is 34.5 Å². The second-order valence-corrected chi connectivity index (χ2v) is 10.0. The molecule has 0 bridgehead atoms. The van der Waals surface area contributed by atoms with Gasteiger partial charge in [0.25, 0.3) is 23.6 Å². The molecule has 2 aliphatic heterocycles. The van der Waals surface area contributed by atoms with Crippen molar-refractivity contribution >= 4 is 35.0 Å². The number of phenolic OH excluding ortho intramolecular Hbond substituents is 2. The number of aromatic hydroxyl groups is 2. The largest absolute Gasteiger partial charge is 0.508 e. The average Bonchev–Trinajstić information content (AvgIpc) is 3.41. The monoisotopic (exact) mass is 584 g/mol. The van der Waals surface area contributed by atoms with Crippen LogP contribution < -0.4 is 19.3 Å². The van der Waals surface area contributed by atoms with Gasteiger partial charge in [-0.05, 0) is 97.1 Å². The highest BCUT2D eigenvalue weighted by Gasteiger charge is 2.38. The van der Waals surface area contributed by atoms with Crippen molar-refractivity contribution in [3.8, 4) is 34.5 Å². The predicted octanol–water partition coefficient (Wildman–Crippen LogP) is 6.28. The van der Waals surface area contributed by atoms with Crippen molar-refractivity contribution in [1.82, 2.24) is 0 Å². The van der Waals surface area contributed by atoms with Gasteiger partial charge in [0.15, 0.2) is 0 Å². The third-order valence-electron chi connectivity index (χ3n) is 7.21. The van der Waals surface area contributed by atoms with E-state index in [4.69, 9.17) is 9.47 Å². The minimum Gasteiger partial charge on any atom is -0.508 e. The summed E-state index contributed by atoms with van der Waals surface area (Å²) in [4.78, 5) is 54.1. The first kappa shape index (κ1) is 26.5. The highest BCUT2D eigenvalue weighted by molar-refractivity contribution is 6.35. The molecule has 5 aromatic rings. The number of ether oxygens (including phenoxy) is 2. The third-order valence-corrected chi connectivity index (χ3v) is 7.21. The Morgan fingerprint density at radius 2 is 0.773 bits per heavy atom. The van der Waals surface area contributed by atoms with Crippen LogP contribution >= 0.6 is 0 Å². The van der Waals surface area contributed by atoms with Gasteiger partial charge in [-0.3, -0.25) is 19.2 Å². The van der Waals surface area contributed by atoms with Crippen LogP contribution in [-0.2, 0) is 0 Å². The average molecular weight is 585 g/mol. The number of carbonyl (C=O) groups excluding carboxylic acids is 4. The van der Waals surface area contributed by atoms with E-state index in [1.165, 1.54) is 72.8 Å². The molecule has 0 aliphatic carbocycles. The van der Waals surface area contributed by atoms with Gasteiger partial charge in [-0.25, -0.2) is 9.80 Å². The Morgan fingerprint density at radius 3 is 1.18 bits per heavy atom. The van der Waals surface area contributed by atoms with Crippen LogP contribution in [0.1, 0.15) is 41.4 Å². The lowest BCUT2D eigenvalue weighted by Gasteiger charge is -2.13. The number of nitrogens with zero attached hydrogens (tertiary/aromatic N) is 2. The smallest absolute Gasteiger partial charge is 0.266 e. The first-order valence-electron chi connectivity index (χ1n) is 13.4. The van der Waals surface area contributed by atoms with Gasteiger partial charge in [0, 0.05) is 6.07 Å². The molecule has 0 radical (unpaired) electrons. The normalized spacial score (nSPS) is 13.7. The van der Waals surface area contributed by atoms with E-state index in [2.05, 4.69) is 0 Å². The molecule has 44 heavy (non-hydrogen) atoms. The molecule has 2 heterocycles. The summed E-state index contributed by atoms with van der Waals surface area (Å²) >= 11 is 0. The summed E-state index contributed by atoms with van der Waals surface area (Å²) in [5.74, 6) is -0.499. The summed E-state index contributed by atoms with van der Waals surface area (Å²) in [7, 11) is 0. The fourth-order valence-electron chi connectivity index (χ4n) is 5.11. The van der Waals surface area contributed by atoms with E-state index in [0.717, 1.165) is 9.80 Å². The SMILES string of the molecule is O=C1c2ccc(Oc3cccc(Oc4ccc5c(c4)C(=O)N(c4ccc(O)cc4)C5=O)c3)cc2C(=O)N1c1ccc(O)cc1. The number of anilines is 2. The van der Waals surface area contributed by atoms with Crippen LogP contribution in [0.2, 0.25) is 0 Å². The number of hydrogen-bond donors (Lipinski definition) is 2. The summed E-state index contributed by atoms with van der Waals surface area (Å²) in [6.07, 6.45) is 0. The van der Waals surface area contributed by atoms with Gasteiger partial charge in [-0.15, -0.1) is 0 Å². The summed E-state index contributed by atoms with van der Waals surface area (Å²) < 4.78 is 12.0. The molecule has 0 aromatic heterocycles. The van der Waals surface area contributed by atoms with Gasteiger partial charge in [0.2, 0.25) is 0 Å². The van der Waals surface area contributed by atoms with Crippen LogP contribution in [0, 0.1) is 0 Å². The van der Waals surface area contributed by atoms with Crippen molar-refractivity contribution < 1.29 is 38.9 Å². The summed E-state index contributed by atoms with van der Waals surface area (Å²) in [5.41, 5.74) is 1.53. The molecule has 0 fully saturated rings. The summed E-state index contributed by atoms with van der Waals surface area (Å²) in [6.45, 7) is 0. The highest BCUT2D eigenvalue weighted by Crippen LogP contribution is 2.36. The number of phenols is 2. The van der Waals surface area contributed by atoms with Crippen molar-refractivity contribution in [2.75, 3.05) is 9.80 Å². The Morgan fingerprint density at radius 1 is 0.409 bits per heavy atom. The molecule has 5 aromatic carbocycles. The van der Waals surface area contributed by atoms with Gasteiger partial charge in [0.05, 0.1) is 33.6 Å². The molecule has 2 aliphatic rings. The number of carbonyl (C=O) groups is 4. The lowest BCUT2D eigenvalue weighted by atomic mass is 10.1.